The van der Waals surface area contributed by atoms with Crippen molar-refractivity contribution in [2.45, 2.75) is 192 Å². The molecule has 17 atom stereocenters. The van der Waals surface area contributed by atoms with E-state index in [4.69, 9.17) is 15.2 Å². The number of rotatable bonds is 4. The molecule has 20 aliphatic rings. The first-order chi connectivity index (χ1) is 38.1. The molecule has 10 aliphatic carbocycles. The van der Waals surface area contributed by atoms with Crippen LogP contribution in [0.3, 0.4) is 0 Å². The lowest BCUT2D eigenvalue weighted by Gasteiger charge is -2.75. The summed E-state index contributed by atoms with van der Waals surface area (Å²) in [4.78, 5) is 38.8. The zero-order valence-corrected chi connectivity index (χ0v) is 48.4. The van der Waals surface area contributed by atoms with Crippen LogP contribution in [-0.4, -0.2) is 76.6 Å². The lowest BCUT2D eigenvalue weighted by molar-refractivity contribution is -0.284. The number of fused-ring (bicyclic) bond motifs is 7. The van der Waals surface area contributed by atoms with Crippen LogP contribution in [0.1, 0.15) is 189 Å². The molecule has 1 aromatic rings. The first-order valence-electron chi connectivity index (χ1n) is 32.7. The number of carbonyl (C=O) groups excluding carboxylic acids is 2. The number of hydrogen-bond donors (Lipinski definition) is 2. The normalized spacial score (nSPS) is 48.3. The summed E-state index contributed by atoms with van der Waals surface area (Å²) in [6, 6.07) is 7.29. The Hall–Kier alpha value is -2.66. The van der Waals surface area contributed by atoms with E-state index >= 15 is 9.59 Å². The van der Waals surface area contributed by atoms with Gasteiger partial charge in [-0.05, 0) is 203 Å². The maximum atomic E-state index is 17.1. The third-order valence-electron chi connectivity index (χ3n) is 28.3. The summed E-state index contributed by atoms with van der Waals surface area (Å²) in [5.74, 6) is 7.10. The van der Waals surface area contributed by atoms with E-state index in [0.717, 1.165) is 67.8 Å². The molecular weight excluding hydrogens is 1000 g/mol. The Labute approximate surface area is 472 Å². The topological polar surface area (TPSA) is 105 Å². The molecule has 10 heteroatoms. The summed E-state index contributed by atoms with van der Waals surface area (Å²) in [6.45, 7) is 6.60. The fourth-order valence-electron chi connectivity index (χ4n) is 26.0. The molecule has 6 spiro atoms. The Balaban J connectivity index is 0.925. The highest BCUT2D eigenvalue weighted by Gasteiger charge is 2.94. The molecular formula is C68H87N3O5S2. The van der Waals surface area contributed by atoms with Gasteiger partial charge in [0.2, 0.25) is 0 Å². The standard InChI is InChI=1S/C68H87N3O5S2/c1-38-24-41-15-16-52-44-25-39-33-70(35-44)53(45-29-63(18-4-5-19-63)64(30-45)20-6-7-21-64)28-54(72)60-66-22-17-48-57-50-32-65(38,58(48)59(41)71(52)34-39)31-46-37-78-77-36-42-10-2-3-13-47(42)43(26-49(46)50)27-55(67(57,66)62(74)75-60)68(66)51-14-8-11-40(12-9-23-69)56(51)61(73)76-68/h8,11,14,26,38-39,42-47,50,52-53,55,58,72H,2-7,9-10,12-13,15-25,27-37,69H2,1H3/b49-26?,60-54+/t38-,39-,42-,43-,44+,46-,47+,50-,52+,53+,55-,58+,65-,66+,67+,68+/m0/s1. The van der Waals surface area contributed by atoms with Crippen molar-refractivity contribution in [2.24, 2.45) is 97.9 Å². The molecule has 6 saturated carbocycles. The third kappa shape index (κ3) is 5.75. The predicted octanol–water partition coefficient (Wildman–Crippen LogP) is 13.8. The first kappa shape index (κ1) is 48.8. The number of esters is 2. The molecule has 10 heterocycles. The number of ether oxygens (including phenoxy) is 2. The summed E-state index contributed by atoms with van der Waals surface area (Å²) < 4.78 is 15.1. The Morgan fingerprint density at radius 1 is 0.821 bits per heavy atom. The van der Waals surface area contributed by atoms with Gasteiger partial charge in [0.15, 0.2) is 11.4 Å². The highest BCUT2D eigenvalue weighted by Crippen LogP contribution is 2.90. The van der Waals surface area contributed by atoms with Gasteiger partial charge in [0, 0.05) is 78.7 Å². The maximum absolute atomic E-state index is 17.1. The summed E-state index contributed by atoms with van der Waals surface area (Å²) >= 11 is 0. The molecule has 78 heavy (non-hydrogen) atoms. The lowest BCUT2D eigenvalue weighted by atomic mass is 9.26. The van der Waals surface area contributed by atoms with Crippen LogP contribution in [0.25, 0.3) is 0 Å². The summed E-state index contributed by atoms with van der Waals surface area (Å²) in [5, 5.41) is 14.1. The third-order valence-corrected chi connectivity index (χ3v) is 30.9. The van der Waals surface area contributed by atoms with E-state index in [1.165, 1.54) is 133 Å². The summed E-state index contributed by atoms with van der Waals surface area (Å²) in [7, 11) is 4.36. The number of carbonyl (C=O) groups is 2. The van der Waals surface area contributed by atoms with E-state index < -0.39 is 16.4 Å². The average Bonchev–Trinajstić information content (AvgIpc) is 1.48. The van der Waals surface area contributed by atoms with Crippen molar-refractivity contribution >= 4 is 33.5 Å². The Morgan fingerprint density at radius 2 is 1.63 bits per heavy atom. The molecule has 0 amide bonds. The van der Waals surface area contributed by atoms with E-state index in [1.807, 2.05) is 0 Å². The molecule has 3 N–H and O–H groups in total. The van der Waals surface area contributed by atoms with E-state index in [0.29, 0.717) is 95.6 Å². The van der Waals surface area contributed by atoms with Gasteiger partial charge in [0.1, 0.15) is 11.2 Å². The molecule has 416 valence electrons. The minimum Gasteiger partial charge on any atom is -0.509 e. The van der Waals surface area contributed by atoms with Crippen molar-refractivity contribution in [3.8, 4) is 0 Å². The molecule has 10 aliphatic heterocycles. The van der Waals surface area contributed by atoms with Crippen LogP contribution in [0.5, 0.6) is 0 Å². The van der Waals surface area contributed by atoms with Crippen LogP contribution in [0.15, 0.2) is 63.8 Å². The monoisotopic (exact) mass is 1090 g/mol. The summed E-state index contributed by atoms with van der Waals surface area (Å²) in [5.41, 5.74) is 14.9. The average molecular weight is 1090 g/mol. The first-order valence-corrected chi connectivity index (χ1v) is 35.2. The highest BCUT2D eigenvalue weighted by atomic mass is 33.1. The SMILES string of the molecule is C[C@H]1CC2=C3[C@H]4C5=C6[C@H]7C[C@]41C[C@H]1CSSC[C@@H]4CCCC[C@H]4[C@@H](C=C17)C[C@H]1[C@]64C(=O)O/C(=C(/O)C[C@H](C6CC7(CCCC7)C7(CCCC7)C6)N6C[C@@H]7C[C@H](C6)[C@@H](CC2)N3C7)[C@@]4(CC5)[C@]12OC(=O)c1c(CCCN)cccc12. The van der Waals surface area contributed by atoms with Gasteiger partial charge in [0.05, 0.1) is 11.0 Å². The molecule has 3 saturated heterocycles. The van der Waals surface area contributed by atoms with Gasteiger partial charge in [-0.25, -0.2) is 4.79 Å². The second-order valence-corrected chi connectivity index (χ2v) is 33.0. The predicted molar refractivity (Wildman–Crippen MR) is 307 cm³/mol. The van der Waals surface area contributed by atoms with Crippen LogP contribution in [0.4, 0.5) is 0 Å². The molecule has 1 unspecified atom stereocenters. The Kier molecular flexibility index (Phi) is 10.5. The van der Waals surface area contributed by atoms with Crippen LogP contribution in [0, 0.1) is 92.2 Å². The minimum atomic E-state index is -1.15. The zero-order valence-electron chi connectivity index (χ0n) is 46.8. The van der Waals surface area contributed by atoms with Crippen molar-refractivity contribution in [3.63, 3.8) is 0 Å². The zero-order chi connectivity index (χ0) is 51.9. The number of aliphatic hydroxyl groups is 1. The second-order valence-electron chi connectivity index (χ2n) is 30.5. The Morgan fingerprint density at radius 3 is 2.45 bits per heavy atom. The van der Waals surface area contributed by atoms with Gasteiger partial charge in [-0.3, -0.25) is 9.69 Å². The maximum Gasteiger partial charge on any atom is 0.339 e. The van der Waals surface area contributed by atoms with Gasteiger partial charge in [-0.15, -0.1) is 0 Å². The van der Waals surface area contributed by atoms with Crippen LogP contribution in [-0.2, 0) is 26.3 Å². The van der Waals surface area contributed by atoms with Gasteiger partial charge in [0.25, 0.3) is 0 Å². The number of allylic oxidation sites excluding steroid dienone is 4. The number of benzene rings is 1. The number of hydrogen-bond acceptors (Lipinski definition) is 10. The van der Waals surface area contributed by atoms with E-state index in [2.05, 4.69) is 62.6 Å². The van der Waals surface area contributed by atoms with Gasteiger partial charge >= 0.3 is 11.9 Å². The quantitative estimate of drug-likeness (QED) is 0.172. The van der Waals surface area contributed by atoms with Crippen molar-refractivity contribution in [2.75, 3.05) is 37.7 Å². The Bertz CT molecular complexity index is 2920. The number of piperidine rings is 2. The van der Waals surface area contributed by atoms with Gasteiger partial charge in [-0.1, -0.05) is 108 Å². The number of aliphatic hydroxyl groups excluding tert-OH is 1. The molecule has 0 aromatic heterocycles. The molecule has 8 nitrogen and oxygen atoms in total. The molecule has 9 fully saturated rings. The van der Waals surface area contributed by atoms with Gasteiger partial charge < -0.3 is 25.2 Å². The van der Waals surface area contributed by atoms with Crippen molar-refractivity contribution in [1.82, 2.24) is 9.80 Å². The fraction of sp³-hybridized carbons (Fsp3) is 0.765. The highest BCUT2D eigenvalue weighted by molar-refractivity contribution is 8.76. The van der Waals surface area contributed by atoms with Gasteiger partial charge in [-0.2, -0.15) is 0 Å². The molecule has 0 radical (unpaired) electrons. The van der Waals surface area contributed by atoms with Crippen LogP contribution in [0.2, 0.25) is 0 Å². The number of nitrogens with zero attached hydrogens (tertiary/aromatic N) is 2. The van der Waals surface area contributed by atoms with Crippen LogP contribution < -0.4 is 5.73 Å². The van der Waals surface area contributed by atoms with E-state index in [1.54, 1.807) is 22.4 Å². The smallest absolute Gasteiger partial charge is 0.339 e. The summed E-state index contributed by atoms with van der Waals surface area (Å²) in [6.07, 6.45) is 33.3. The van der Waals surface area contributed by atoms with Crippen LogP contribution >= 0.6 is 21.6 Å². The lowest BCUT2D eigenvalue weighted by Crippen LogP contribution is -2.78. The number of aryl methyl sites for hydroxylation is 1. The van der Waals surface area contributed by atoms with E-state index in [-0.39, 0.29) is 47.1 Å². The largest absolute Gasteiger partial charge is 0.509 e. The number of nitrogens with two attached hydrogens (primary N) is 1. The second kappa shape index (κ2) is 16.8. The molecule has 21 rings (SSSR count). The fourth-order valence-corrected chi connectivity index (χ4v) is 28.9. The van der Waals surface area contributed by atoms with Crippen molar-refractivity contribution < 1.29 is 24.2 Å². The van der Waals surface area contributed by atoms with Crippen molar-refractivity contribution in [1.29, 1.82) is 0 Å². The minimum absolute atomic E-state index is 0.108. The van der Waals surface area contributed by atoms with Crippen molar-refractivity contribution in [3.05, 3.63) is 80.5 Å². The molecule has 16 bridgehead atoms. The molecule has 1 aromatic carbocycles. The van der Waals surface area contributed by atoms with E-state index in [9.17, 15) is 5.11 Å².